The van der Waals surface area contributed by atoms with Gasteiger partial charge >= 0.3 is 0 Å². The van der Waals surface area contributed by atoms with Crippen molar-refractivity contribution in [1.29, 1.82) is 0 Å². The lowest BCUT2D eigenvalue weighted by Gasteiger charge is -2.34. The molecule has 0 spiro atoms. The summed E-state index contributed by atoms with van der Waals surface area (Å²) in [6, 6.07) is 8.25. The van der Waals surface area contributed by atoms with Crippen molar-refractivity contribution in [2.24, 2.45) is 0 Å². The molecule has 6 heteroatoms. The average Bonchev–Trinajstić information content (AvgIpc) is 3.25. The third-order valence-electron chi connectivity index (χ3n) is 5.29. The van der Waals surface area contributed by atoms with E-state index < -0.39 is 0 Å². The van der Waals surface area contributed by atoms with Crippen molar-refractivity contribution in [3.63, 3.8) is 0 Å². The summed E-state index contributed by atoms with van der Waals surface area (Å²) in [7, 11) is 0. The van der Waals surface area contributed by atoms with Crippen LogP contribution in [0.1, 0.15) is 36.8 Å². The Balaban J connectivity index is 1.49. The molecule has 0 saturated carbocycles. The van der Waals surface area contributed by atoms with Crippen molar-refractivity contribution >= 4 is 16.6 Å². The zero-order valence-corrected chi connectivity index (χ0v) is 13.6. The molecular formula is C18H20N6. The number of anilines is 1. The van der Waals surface area contributed by atoms with E-state index in [-0.39, 0.29) is 0 Å². The Bertz CT molecular complexity index is 881. The van der Waals surface area contributed by atoms with Crippen LogP contribution in [0.5, 0.6) is 0 Å². The standard InChI is InChI=1S/C18H20N6/c1-2-7-15-14(6-1)16(11-19-20-15)23-9-3-5-13(12-23)18-22-21-17-8-4-10-24(17)18/h1-2,6-7,11,13H,3-5,8-10,12H2. The summed E-state index contributed by atoms with van der Waals surface area (Å²) in [4.78, 5) is 2.45. The van der Waals surface area contributed by atoms with Gasteiger partial charge < -0.3 is 9.47 Å². The number of rotatable bonds is 2. The lowest BCUT2D eigenvalue weighted by molar-refractivity contribution is 0.473. The molecule has 1 saturated heterocycles. The first-order valence-electron chi connectivity index (χ1n) is 8.77. The fourth-order valence-corrected chi connectivity index (χ4v) is 4.13. The van der Waals surface area contributed by atoms with Crippen molar-refractivity contribution in [3.05, 3.63) is 42.1 Å². The Morgan fingerprint density at radius 2 is 1.96 bits per heavy atom. The predicted octanol–water partition coefficient (Wildman–Crippen LogP) is 2.55. The van der Waals surface area contributed by atoms with Gasteiger partial charge in [0.05, 0.1) is 17.4 Å². The number of hydrogen-bond donors (Lipinski definition) is 0. The van der Waals surface area contributed by atoms with Crippen LogP contribution in [0, 0.1) is 0 Å². The van der Waals surface area contributed by atoms with Crippen LogP contribution in [-0.4, -0.2) is 38.1 Å². The second-order valence-corrected chi connectivity index (χ2v) is 6.76. The number of benzene rings is 1. The summed E-state index contributed by atoms with van der Waals surface area (Å²) < 4.78 is 2.34. The van der Waals surface area contributed by atoms with Crippen molar-refractivity contribution in [1.82, 2.24) is 25.0 Å². The molecule has 2 aromatic heterocycles. The van der Waals surface area contributed by atoms with Gasteiger partial charge in [0.2, 0.25) is 0 Å². The third-order valence-corrected chi connectivity index (χ3v) is 5.29. The summed E-state index contributed by atoms with van der Waals surface area (Å²) in [6.07, 6.45) is 6.53. The van der Waals surface area contributed by atoms with Crippen LogP contribution < -0.4 is 4.90 Å². The van der Waals surface area contributed by atoms with Crippen LogP contribution in [-0.2, 0) is 13.0 Å². The number of hydrogen-bond acceptors (Lipinski definition) is 5. The van der Waals surface area contributed by atoms with Crippen LogP contribution in [0.3, 0.4) is 0 Å². The molecule has 1 fully saturated rings. The molecule has 0 N–H and O–H groups in total. The molecule has 4 heterocycles. The van der Waals surface area contributed by atoms with E-state index in [9.17, 15) is 0 Å². The second kappa shape index (κ2) is 5.54. The summed E-state index contributed by atoms with van der Waals surface area (Å²) >= 11 is 0. The van der Waals surface area contributed by atoms with E-state index in [1.807, 2.05) is 18.3 Å². The minimum Gasteiger partial charge on any atom is -0.369 e. The van der Waals surface area contributed by atoms with Gasteiger partial charge in [0.1, 0.15) is 11.6 Å². The summed E-state index contributed by atoms with van der Waals surface area (Å²) in [5, 5.41) is 18.5. The Hall–Kier alpha value is -2.50. The molecule has 0 aliphatic carbocycles. The van der Waals surface area contributed by atoms with E-state index in [0.29, 0.717) is 5.92 Å². The number of fused-ring (bicyclic) bond motifs is 2. The molecule has 1 unspecified atom stereocenters. The zero-order chi connectivity index (χ0) is 15.9. The van der Waals surface area contributed by atoms with Crippen molar-refractivity contribution in [3.8, 4) is 0 Å². The maximum atomic E-state index is 4.51. The summed E-state index contributed by atoms with van der Waals surface area (Å²) in [6.45, 7) is 3.12. The van der Waals surface area contributed by atoms with Gasteiger partial charge in [-0.05, 0) is 25.3 Å². The lowest BCUT2D eigenvalue weighted by atomic mass is 9.96. The van der Waals surface area contributed by atoms with E-state index in [1.54, 1.807) is 0 Å². The second-order valence-electron chi connectivity index (χ2n) is 6.76. The quantitative estimate of drug-likeness (QED) is 0.726. The SMILES string of the molecule is c1ccc2c(N3CCCC(c4nnc5n4CCC5)C3)cnnc2c1. The van der Waals surface area contributed by atoms with E-state index >= 15 is 0 Å². The van der Waals surface area contributed by atoms with Gasteiger partial charge in [-0.1, -0.05) is 18.2 Å². The van der Waals surface area contributed by atoms with Gasteiger partial charge in [0.15, 0.2) is 0 Å². The van der Waals surface area contributed by atoms with Gasteiger partial charge in [0, 0.05) is 37.4 Å². The van der Waals surface area contributed by atoms with Gasteiger partial charge in [-0.2, -0.15) is 10.2 Å². The topological polar surface area (TPSA) is 59.7 Å². The number of piperidine rings is 1. The molecule has 0 amide bonds. The maximum absolute atomic E-state index is 4.51. The van der Waals surface area contributed by atoms with Gasteiger partial charge in [-0.3, -0.25) is 0 Å². The molecule has 1 atom stereocenters. The molecule has 0 radical (unpaired) electrons. The normalized spacial score (nSPS) is 20.5. The largest absolute Gasteiger partial charge is 0.369 e. The minimum absolute atomic E-state index is 0.449. The highest BCUT2D eigenvalue weighted by Gasteiger charge is 2.29. The average molecular weight is 320 g/mol. The summed E-state index contributed by atoms with van der Waals surface area (Å²) in [5.74, 6) is 2.79. The molecule has 24 heavy (non-hydrogen) atoms. The van der Waals surface area contributed by atoms with E-state index in [4.69, 9.17) is 0 Å². The van der Waals surface area contributed by atoms with Crippen molar-refractivity contribution in [2.45, 2.75) is 38.1 Å². The van der Waals surface area contributed by atoms with Crippen LogP contribution in [0.15, 0.2) is 30.5 Å². The van der Waals surface area contributed by atoms with Gasteiger partial charge in [-0.15, -0.1) is 10.2 Å². The molecule has 2 aliphatic heterocycles. The Morgan fingerprint density at radius 3 is 2.96 bits per heavy atom. The van der Waals surface area contributed by atoms with Crippen LogP contribution in [0.4, 0.5) is 5.69 Å². The smallest absolute Gasteiger partial charge is 0.137 e. The third kappa shape index (κ3) is 2.17. The molecule has 2 aliphatic rings. The van der Waals surface area contributed by atoms with E-state index in [1.165, 1.54) is 36.2 Å². The summed E-state index contributed by atoms with van der Waals surface area (Å²) in [5.41, 5.74) is 2.15. The van der Waals surface area contributed by atoms with Crippen molar-refractivity contribution < 1.29 is 0 Å². The first-order valence-corrected chi connectivity index (χ1v) is 8.77. The minimum atomic E-state index is 0.449. The zero-order valence-electron chi connectivity index (χ0n) is 13.6. The first-order chi connectivity index (χ1) is 11.9. The number of aryl methyl sites for hydroxylation is 1. The molecule has 122 valence electrons. The predicted molar refractivity (Wildman–Crippen MR) is 92.1 cm³/mol. The van der Waals surface area contributed by atoms with Gasteiger partial charge in [-0.25, -0.2) is 0 Å². The fraction of sp³-hybridized carbons (Fsp3) is 0.444. The van der Waals surface area contributed by atoms with E-state index in [2.05, 4.69) is 42.0 Å². The highest BCUT2D eigenvalue weighted by Crippen LogP contribution is 2.33. The molecule has 5 rings (SSSR count). The van der Waals surface area contributed by atoms with Crippen LogP contribution in [0.25, 0.3) is 10.9 Å². The highest BCUT2D eigenvalue weighted by molar-refractivity contribution is 5.90. The molecule has 0 bridgehead atoms. The highest BCUT2D eigenvalue weighted by atomic mass is 15.3. The Morgan fingerprint density at radius 1 is 1.00 bits per heavy atom. The molecule has 6 nitrogen and oxygen atoms in total. The van der Waals surface area contributed by atoms with E-state index in [0.717, 1.165) is 37.4 Å². The van der Waals surface area contributed by atoms with Crippen molar-refractivity contribution in [2.75, 3.05) is 18.0 Å². The van der Waals surface area contributed by atoms with Gasteiger partial charge in [0.25, 0.3) is 0 Å². The first kappa shape index (κ1) is 13.9. The fourth-order valence-electron chi connectivity index (χ4n) is 4.13. The van der Waals surface area contributed by atoms with Crippen LogP contribution in [0.2, 0.25) is 0 Å². The monoisotopic (exact) mass is 320 g/mol. The number of aromatic nitrogens is 5. The Labute approximate surface area is 140 Å². The Kier molecular flexibility index (Phi) is 3.21. The molecule has 1 aromatic carbocycles. The van der Waals surface area contributed by atoms with Crippen LogP contribution >= 0.6 is 0 Å². The molecular weight excluding hydrogens is 300 g/mol. The molecule has 3 aromatic rings. The lowest BCUT2D eigenvalue weighted by Crippen LogP contribution is -2.35. The maximum Gasteiger partial charge on any atom is 0.137 e. The number of nitrogens with zero attached hydrogens (tertiary/aromatic N) is 6.